The number of anilines is 1. The highest BCUT2D eigenvalue weighted by Gasteiger charge is 2.12. The largest absolute Gasteiger partial charge is 0.346 e. The van der Waals surface area contributed by atoms with E-state index in [1.54, 1.807) is 11.3 Å². The molecule has 86 valence electrons. The first kappa shape index (κ1) is 12.4. The van der Waals surface area contributed by atoms with Crippen molar-refractivity contribution in [2.75, 3.05) is 24.5 Å². The van der Waals surface area contributed by atoms with Crippen molar-refractivity contribution < 1.29 is 0 Å². The van der Waals surface area contributed by atoms with Gasteiger partial charge in [-0.3, -0.25) is 0 Å². The molecule has 4 nitrogen and oxygen atoms in total. The van der Waals surface area contributed by atoms with Crippen LogP contribution in [0.4, 0.5) is 5.13 Å². The van der Waals surface area contributed by atoms with E-state index in [0.717, 1.165) is 36.2 Å². The maximum atomic E-state index is 5.53. The quantitative estimate of drug-likeness (QED) is 0.804. The summed E-state index contributed by atoms with van der Waals surface area (Å²) in [6, 6.07) is 0. The second kappa shape index (κ2) is 6.02. The SMILES string of the molecule is Cc1nnc(N(CCCN)CC(C)C)s1. The Morgan fingerprint density at radius 3 is 2.60 bits per heavy atom. The lowest BCUT2D eigenvalue weighted by atomic mass is 10.2. The van der Waals surface area contributed by atoms with Crippen molar-refractivity contribution in [2.24, 2.45) is 11.7 Å². The maximum Gasteiger partial charge on any atom is 0.208 e. The summed E-state index contributed by atoms with van der Waals surface area (Å²) in [5.74, 6) is 0.631. The van der Waals surface area contributed by atoms with Gasteiger partial charge in [-0.05, 0) is 25.8 Å². The molecule has 0 aliphatic carbocycles. The molecule has 0 spiro atoms. The molecule has 1 rings (SSSR count). The smallest absolute Gasteiger partial charge is 0.208 e. The predicted octanol–water partition coefficient (Wildman–Crippen LogP) is 1.66. The van der Waals surface area contributed by atoms with Crippen LogP contribution in [0.3, 0.4) is 0 Å². The number of nitrogens with two attached hydrogens (primary N) is 1. The summed E-state index contributed by atoms with van der Waals surface area (Å²) < 4.78 is 0. The van der Waals surface area contributed by atoms with E-state index in [-0.39, 0.29) is 0 Å². The molecule has 0 aliphatic heterocycles. The average Bonchev–Trinajstić information content (AvgIpc) is 2.58. The summed E-state index contributed by atoms with van der Waals surface area (Å²) in [6.07, 6.45) is 1.01. The van der Waals surface area contributed by atoms with Crippen molar-refractivity contribution in [1.82, 2.24) is 10.2 Å². The van der Waals surface area contributed by atoms with Gasteiger partial charge in [0, 0.05) is 13.1 Å². The Bertz CT molecular complexity index is 285. The average molecular weight is 228 g/mol. The second-order valence-electron chi connectivity index (χ2n) is 4.09. The number of aromatic nitrogens is 2. The molecular weight excluding hydrogens is 208 g/mol. The number of aryl methyl sites for hydroxylation is 1. The van der Waals surface area contributed by atoms with Gasteiger partial charge in [-0.1, -0.05) is 25.2 Å². The van der Waals surface area contributed by atoms with Gasteiger partial charge in [0.05, 0.1) is 0 Å². The van der Waals surface area contributed by atoms with E-state index in [1.165, 1.54) is 0 Å². The van der Waals surface area contributed by atoms with Crippen LogP contribution in [-0.4, -0.2) is 29.8 Å². The Morgan fingerprint density at radius 2 is 2.13 bits per heavy atom. The lowest BCUT2D eigenvalue weighted by Crippen LogP contribution is -2.29. The molecule has 0 bridgehead atoms. The van der Waals surface area contributed by atoms with Crippen molar-refractivity contribution in [1.29, 1.82) is 0 Å². The fraction of sp³-hybridized carbons (Fsp3) is 0.800. The van der Waals surface area contributed by atoms with Gasteiger partial charge in [0.2, 0.25) is 5.13 Å². The Morgan fingerprint density at radius 1 is 1.40 bits per heavy atom. The van der Waals surface area contributed by atoms with Gasteiger partial charge in [-0.25, -0.2) is 0 Å². The fourth-order valence-electron chi connectivity index (χ4n) is 1.40. The molecule has 2 N–H and O–H groups in total. The van der Waals surface area contributed by atoms with Gasteiger partial charge < -0.3 is 10.6 Å². The molecule has 0 amide bonds. The monoisotopic (exact) mass is 228 g/mol. The number of rotatable bonds is 6. The minimum absolute atomic E-state index is 0.631. The standard InChI is InChI=1S/C10H20N4S/c1-8(2)7-14(6-4-5-11)10-13-12-9(3)15-10/h8H,4-7,11H2,1-3H3. The predicted molar refractivity (Wildman–Crippen MR) is 65.4 cm³/mol. The van der Waals surface area contributed by atoms with Crippen molar-refractivity contribution in [3.63, 3.8) is 0 Å². The van der Waals surface area contributed by atoms with Crippen molar-refractivity contribution >= 4 is 16.5 Å². The molecule has 0 unspecified atom stereocenters. The highest BCUT2D eigenvalue weighted by Crippen LogP contribution is 2.20. The van der Waals surface area contributed by atoms with Gasteiger partial charge in [0.25, 0.3) is 0 Å². The third-order valence-electron chi connectivity index (χ3n) is 2.00. The van der Waals surface area contributed by atoms with Crippen LogP contribution in [0, 0.1) is 12.8 Å². The summed E-state index contributed by atoms with van der Waals surface area (Å²) in [5, 5.41) is 10.3. The highest BCUT2D eigenvalue weighted by molar-refractivity contribution is 7.15. The highest BCUT2D eigenvalue weighted by atomic mass is 32.1. The first-order chi connectivity index (χ1) is 7.13. The van der Waals surface area contributed by atoms with Crippen LogP contribution >= 0.6 is 11.3 Å². The molecule has 1 heterocycles. The van der Waals surface area contributed by atoms with Crippen LogP contribution in [0.25, 0.3) is 0 Å². The number of hydrogen-bond acceptors (Lipinski definition) is 5. The zero-order valence-electron chi connectivity index (χ0n) is 9.73. The molecule has 1 aromatic rings. The summed E-state index contributed by atoms with van der Waals surface area (Å²) >= 11 is 1.65. The zero-order valence-corrected chi connectivity index (χ0v) is 10.5. The number of nitrogens with zero attached hydrogens (tertiary/aromatic N) is 3. The van der Waals surface area contributed by atoms with Gasteiger partial charge in [0.15, 0.2) is 0 Å². The minimum Gasteiger partial charge on any atom is -0.346 e. The topological polar surface area (TPSA) is 55.0 Å². The van der Waals surface area contributed by atoms with Gasteiger partial charge >= 0.3 is 0 Å². The summed E-state index contributed by atoms with van der Waals surface area (Å²) in [7, 11) is 0. The van der Waals surface area contributed by atoms with E-state index >= 15 is 0 Å². The van der Waals surface area contributed by atoms with Gasteiger partial charge in [-0.2, -0.15) is 0 Å². The molecule has 0 saturated heterocycles. The van der Waals surface area contributed by atoms with E-state index in [1.807, 2.05) is 6.92 Å². The van der Waals surface area contributed by atoms with Gasteiger partial charge in [0.1, 0.15) is 5.01 Å². The minimum atomic E-state index is 0.631. The Hall–Kier alpha value is -0.680. The van der Waals surface area contributed by atoms with Crippen LogP contribution in [0.2, 0.25) is 0 Å². The lowest BCUT2D eigenvalue weighted by molar-refractivity contribution is 0.598. The van der Waals surface area contributed by atoms with E-state index in [2.05, 4.69) is 28.9 Å². The van der Waals surface area contributed by atoms with Crippen LogP contribution in [0.1, 0.15) is 25.3 Å². The van der Waals surface area contributed by atoms with Crippen LogP contribution in [0.15, 0.2) is 0 Å². The summed E-state index contributed by atoms with van der Waals surface area (Å²) in [4.78, 5) is 2.28. The van der Waals surface area contributed by atoms with Crippen molar-refractivity contribution in [2.45, 2.75) is 27.2 Å². The van der Waals surface area contributed by atoms with Crippen LogP contribution < -0.4 is 10.6 Å². The van der Waals surface area contributed by atoms with Crippen molar-refractivity contribution in [3.8, 4) is 0 Å². The summed E-state index contributed by atoms with van der Waals surface area (Å²) in [5.41, 5.74) is 5.53. The molecule has 5 heteroatoms. The first-order valence-corrected chi connectivity index (χ1v) is 6.20. The summed E-state index contributed by atoms with van der Waals surface area (Å²) in [6.45, 7) is 9.13. The third-order valence-corrected chi connectivity index (χ3v) is 2.90. The molecule has 0 aromatic carbocycles. The van der Waals surface area contributed by atoms with Gasteiger partial charge in [-0.15, -0.1) is 10.2 Å². The van der Waals surface area contributed by atoms with E-state index in [0.29, 0.717) is 5.92 Å². The molecule has 0 aliphatic rings. The van der Waals surface area contributed by atoms with E-state index < -0.39 is 0 Å². The molecular formula is C10H20N4S. The zero-order chi connectivity index (χ0) is 11.3. The molecule has 0 radical (unpaired) electrons. The molecule has 0 atom stereocenters. The van der Waals surface area contributed by atoms with Crippen LogP contribution in [0.5, 0.6) is 0 Å². The van der Waals surface area contributed by atoms with E-state index in [9.17, 15) is 0 Å². The molecule has 0 saturated carbocycles. The molecule has 15 heavy (non-hydrogen) atoms. The normalized spacial score (nSPS) is 11.0. The Balaban J connectivity index is 2.62. The maximum absolute atomic E-state index is 5.53. The molecule has 1 aromatic heterocycles. The Kier molecular flexibility index (Phi) is 4.98. The second-order valence-corrected chi connectivity index (χ2v) is 5.25. The number of hydrogen-bond donors (Lipinski definition) is 1. The van der Waals surface area contributed by atoms with Crippen molar-refractivity contribution in [3.05, 3.63) is 5.01 Å². The first-order valence-electron chi connectivity index (χ1n) is 5.38. The third kappa shape index (κ3) is 4.13. The Labute approximate surface area is 95.5 Å². The van der Waals surface area contributed by atoms with Crippen LogP contribution in [-0.2, 0) is 0 Å². The lowest BCUT2D eigenvalue weighted by Gasteiger charge is -2.22. The van der Waals surface area contributed by atoms with E-state index in [4.69, 9.17) is 5.73 Å². The molecule has 0 fully saturated rings. The fourth-order valence-corrected chi connectivity index (χ4v) is 2.12.